The summed E-state index contributed by atoms with van der Waals surface area (Å²) in [5, 5.41) is 13.7. The molecule has 1 aliphatic heterocycles. The van der Waals surface area contributed by atoms with Crippen LogP contribution in [-0.2, 0) is 0 Å². The van der Waals surface area contributed by atoms with Gasteiger partial charge in [-0.3, -0.25) is 0 Å². The van der Waals surface area contributed by atoms with E-state index in [1.54, 1.807) is 11.3 Å². The van der Waals surface area contributed by atoms with Crippen LogP contribution in [0.25, 0.3) is 0 Å². The summed E-state index contributed by atoms with van der Waals surface area (Å²) >= 11 is 11.4. The number of thiophene rings is 1. The van der Waals surface area contributed by atoms with Crippen LogP contribution in [0, 0.1) is 0 Å². The van der Waals surface area contributed by atoms with Gasteiger partial charge in [0.1, 0.15) is 6.10 Å². The quantitative estimate of drug-likeness (QED) is 0.893. The van der Waals surface area contributed by atoms with E-state index in [1.165, 1.54) is 5.75 Å². The molecule has 1 fully saturated rings. The maximum Gasteiger partial charge on any atom is 0.103 e. The van der Waals surface area contributed by atoms with Crippen molar-refractivity contribution in [3.05, 3.63) is 21.3 Å². The van der Waals surface area contributed by atoms with Gasteiger partial charge in [-0.1, -0.05) is 18.5 Å². The maximum atomic E-state index is 10.3. The van der Waals surface area contributed by atoms with Crippen LogP contribution in [0.1, 0.15) is 17.9 Å². The second-order valence-corrected chi connectivity index (χ2v) is 7.61. The van der Waals surface area contributed by atoms with E-state index in [-0.39, 0.29) is 5.25 Å². The third kappa shape index (κ3) is 2.67. The molecule has 15 heavy (non-hydrogen) atoms. The number of hydrogen-bond acceptors (Lipinski definition) is 4. The van der Waals surface area contributed by atoms with Gasteiger partial charge in [0.05, 0.1) is 9.90 Å². The number of rotatable bonds is 2. The van der Waals surface area contributed by atoms with Gasteiger partial charge in [0.15, 0.2) is 0 Å². The molecule has 2 heterocycles. The molecule has 3 atom stereocenters. The summed E-state index contributed by atoms with van der Waals surface area (Å²) in [4.78, 5) is 0.920. The molecule has 1 saturated heterocycles. The molecule has 1 aromatic rings. The summed E-state index contributed by atoms with van der Waals surface area (Å²) in [7, 11) is 0. The minimum Gasteiger partial charge on any atom is -0.386 e. The van der Waals surface area contributed by atoms with E-state index in [1.807, 2.05) is 35.0 Å². The van der Waals surface area contributed by atoms with Crippen molar-refractivity contribution in [3.8, 4) is 0 Å². The summed E-state index contributed by atoms with van der Waals surface area (Å²) in [6.45, 7) is 2.19. The molecule has 3 unspecified atom stereocenters. The first kappa shape index (κ1) is 12.1. The van der Waals surface area contributed by atoms with Crippen LogP contribution in [0.4, 0.5) is 0 Å². The molecule has 2 rings (SSSR count). The number of halogens is 1. The lowest BCUT2D eigenvalue weighted by molar-refractivity contribution is 0.178. The Morgan fingerprint density at radius 3 is 2.80 bits per heavy atom. The molecular formula is C10H13ClOS3. The molecule has 1 N–H and O–H groups in total. The molecule has 1 aliphatic rings. The molecule has 5 heteroatoms. The fourth-order valence-corrected chi connectivity index (χ4v) is 5.76. The number of aliphatic hydroxyl groups excluding tert-OH is 1. The zero-order valence-electron chi connectivity index (χ0n) is 8.35. The number of aliphatic hydroxyl groups is 1. The number of thioether (sulfide) groups is 2. The monoisotopic (exact) mass is 280 g/mol. The minimum absolute atomic E-state index is 0.278. The van der Waals surface area contributed by atoms with Crippen LogP contribution in [0.2, 0.25) is 5.02 Å². The molecule has 0 aromatic carbocycles. The van der Waals surface area contributed by atoms with Gasteiger partial charge in [-0.2, -0.15) is 23.5 Å². The van der Waals surface area contributed by atoms with E-state index < -0.39 is 6.10 Å². The van der Waals surface area contributed by atoms with Crippen molar-refractivity contribution in [2.24, 2.45) is 0 Å². The van der Waals surface area contributed by atoms with Crippen molar-refractivity contribution in [2.75, 3.05) is 11.5 Å². The zero-order valence-corrected chi connectivity index (χ0v) is 11.6. The van der Waals surface area contributed by atoms with Crippen molar-refractivity contribution < 1.29 is 5.11 Å². The predicted octanol–water partition coefficient (Wildman–Crippen LogP) is 3.67. The Bertz CT molecular complexity index is 328. The van der Waals surface area contributed by atoms with Crippen LogP contribution in [0.3, 0.4) is 0 Å². The largest absolute Gasteiger partial charge is 0.386 e. The van der Waals surface area contributed by atoms with Crippen molar-refractivity contribution in [2.45, 2.75) is 23.5 Å². The van der Waals surface area contributed by atoms with Crippen LogP contribution in [0.5, 0.6) is 0 Å². The molecular weight excluding hydrogens is 268 g/mol. The summed E-state index contributed by atoms with van der Waals surface area (Å²) in [6, 6.07) is 1.86. The molecule has 1 nitrogen and oxygen atoms in total. The second-order valence-electron chi connectivity index (χ2n) is 3.49. The Kier molecular flexibility index (Phi) is 4.30. The van der Waals surface area contributed by atoms with Gasteiger partial charge in [0, 0.05) is 22.0 Å². The highest BCUT2D eigenvalue weighted by molar-refractivity contribution is 8.07. The molecule has 84 valence electrons. The second kappa shape index (κ2) is 5.32. The summed E-state index contributed by atoms with van der Waals surface area (Å²) in [5.41, 5.74) is 0. The normalized spacial score (nSPS) is 29.0. The first-order chi connectivity index (χ1) is 7.20. The third-order valence-electron chi connectivity index (χ3n) is 2.46. The fourth-order valence-electron chi connectivity index (χ4n) is 1.66. The van der Waals surface area contributed by atoms with Gasteiger partial charge in [-0.15, -0.1) is 11.3 Å². The predicted molar refractivity (Wildman–Crippen MR) is 72.5 cm³/mol. The SMILES string of the molecule is CC1SCCSC1C(O)c1sccc1Cl. The number of hydrogen-bond donors (Lipinski definition) is 1. The zero-order chi connectivity index (χ0) is 10.8. The van der Waals surface area contributed by atoms with Gasteiger partial charge in [0.2, 0.25) is 0 Å². The Hall–Kier alpha value is 0.650. The average molecular weight is 281 g/mol. The van der Waals surface area contributed by atoms with Gasteiger partial charge in [0.25, 0.3) is 0 Å². The Morgan fingerprint density at radius 2 is 2.20 bits per heavy atom. The lowest BCUT2D eigenvalue weighted by Gasteiger charge is -2.31. The van der Waals surface area contributed by atoms with E-state index >= 15 is 0 Å². The fraction of sp³-hybridized carbons (Fsp3) is 0.600. The van der Waals surface area contributed by atoms with E-state index in [9.17, 15) is 5.11 Å². The Labute approximate surface area is 108 Å². The lowest BCUT2D eigenvalue weighted by atomic mass is 10.1. The average Bonchev–Trinajstić information content (AvgIpc) is 2.64. The first-order valence-corrected chi connectivity index (χ1v) is 8.20. The summed E-state index contributed by atoms with van der Waals surface area (Å²) < 4.78 is 0. The van der Waals surface area contributed by atoms with E-state index in [4.69, 9.17) is 11.6 Å². The van der Waals surface area contributed by atoms with Gasteiger partial charge < -0.3 is 5.11 Å². The van der Waals surface area contributed by atoms with Crippen LogP contribution < -0.4 is 0 Å². The Balaban J connectivity index is 2.13. The molecule has 0 radical (unpaired) electrons. The molecule has 1 aromatic heterocycles. The Morgan fingerprint density at radius 1 is 1.47 bits per heavy atom. The van der Waals surface area contributed by atoms with Gasteiger partial charge in [-0.05, 0) is 11.4 Å². The van der Waals surface area contributed by atoms with E-state index in [0.717, 1.165) is 10.6 Å². The van der Waals surface area contributed by atoms with Crippen LogP contribution in [-0.4, -0.2) is 27.1 Å². The molecule has 0 spiro atoms. The van der Waals surface area contributed by atoms with Crippen molar-refractivity contribution >= 4 is 46.5 Å². The lowest BCUT2D eigenvalue weighted by Crippen LogP contribution is -2.29. The third-order valence-corrected chi connectivity index (χ3v) is 7.07. The van der Waals surface area contributed by atoms with Crippen LogP contribution >= 0.6 is 46.5 Å². The van der Waals surface area contributed by atoms with E-state index in [0.29, 0.717) is 10.3 Å². The smallest absolute Gasteiger partial charge is 0.103 e. The maximum absolute atomic E-state index is 10.3. The standard InChI is InChI=1S/C10H13ClOS3/c1-6-9(15-5-4-13-6)8(12)10-7(11)2-3-14-10/h2-3,6,8-9,12H,4-5H2,1H3. The molecule has 0 amide bonds. The van der Waals surface area contributed by atoms with Crippen LogP contribution in [0.15, 0.2) is 11.4 Å². The van der Waals surface area contributed by atoms with Gasteiger partial charge >= 0.3 is 0 Å². The minimum atomic E-state index is -0.412. The topological polar surface area (TPSA) is 20.2 Å². The highest BCUT2D eigenvalue weighted by Gasteiger charge is 2.31. The van der Waals surface area contributed by atoms with Crippen molar-refractivity contribution in [3.63, 3.8) is 0 Å². The molecule has 0 bridgehead atoms. The first-order valence-electron chi connectivity index (χ1n) is 4.84. The molecule has 0 saturated carbocycles. The van der Waals surface area contributed by atoms with Crippen molar-refractivity contribution in [1.82, 2.24) is 0 Å². The van der Waals surface area contributed by atoms with Crippen molar-refractivity contribution in [1.29, 1.82) is 0 Å². The highest BCUT2D eigenvalue weighted by Crippen LogP contribution is 2.41. The van der Waals surface area contributed by atoms with Gasteiger partial charge in [-0.25, -0.2) is 0 Å². The summed E-state index contributed by atoms with van der Waals surface area (Å²) in [5.74, 6) is 2.31. The van der Waals surface area contributed by atoms with E-state index in [2.05, 4.69) is 6.92 Å². The summed E-state index contributed by atoms with van der Waals surface area (Å²) in [6.07, 6.45) is -0.412. The molecule has 0 aliphatic carbocycles. The highest BCUT2D eigenvalue weighted by atomic mass is 35.5.